The third-order valence-electron chi connectivity index (χ3n) is 3.93. The van der Waals surface area contributed by atoms with Crippen molar-refractivity contribution in [3.05, 3.63) is 35.4 Å². The van der Waals surface area contributed by atoms with Gasteiger partial charge in [-0.25, -0.2) is 4.79 Å². The number of amides is 1. The van der Waals surface area contributed by atoms with Gasteiger partial charge in [0.2, 0.25) is 5.91 Å². The smallest absolute Gasteiger partial charge is 0.335 e. The van der Waals surface area contributed by atoms with E-state index in [1.807, 2.05) is 11.8 Å². The highest BCUT2D eigenvalue weighted by Gasteiger charge is 2.23. The van der Waals surface area contributed by atoms with E-state index < -0.39 is 5.97 Å². The van der Waals surface area contributed by atoms with Crippen LogP contribution in [0.4, 0.5) is 0 Å². The average molecular weight is 321 g/mol. The maximum atomic E-state index is 12.2. The zero-order valence-electron chi connectivity index (χ0n) is 12.9. The Balaban J connectivity index is 1.87. The van der Waals surface area contributed by atoms with Crippen molar-refractivity contribution >= 4 is 23.6 Å². The van der Waals surface area contributed by atoms with E-state index in [0.29, 0.717) is 5.25 Å². The summed E-state index contributed by atoms with van der Waals surface area (Å²) >= 11 is 1.98. The predicted molar refractivity (Wildman–Crippen MR) is 89.4 cm³/mol. The van der Waals surface area contributed by atoms with E-state index in [1.165, 1.54) is 12.5 Å². The van der Waals surface area contributed by atoms with Crippen LogP contribution in [0.5, 0.6) is 0 Å². The quantitative estimate of drug-likeness (QED) is 0.845. The molecular formula is C17H23NO3S. The Labute approximate surface area is 135 Å². The normalized spacial score (nSPS) is 21.3. The minimum absolute atomic E-state index is 0.0188. The molecule has 1 saturated carbocycles. The second-order valence-electron chi connectivity index (χ2n) is 5.69. The van der Waals surface area contributed by atoms with E-state index >= 15 is 0 Å². The Hall–Kier alpha value is -1.49. The van der Waals surface area contributed by atoms with Crippen LogP contribution in [-0.4, -0.2) is 34.0 Å². The number of carbonyl (C=O) groups excluding carboxylic acids is 1. The molecule has 2 atom stereocenters. The van der Waals surface area contributed by atoms with Gasteiger partial charge in [0.05, 0.1) is 12.0 Å². The lowest BCUT2D eigenvalue weighted by atomic mass is 9.94. The van der Waals surface area contributed by atoms with E-state index in [9.17, 15) is 9.59 Å². The third kappa shape index (κ3) is 5.05. The van der Waals surface area contributed by atoms with Crippen molar-refractivity contribution < 1.29 is 14.7 Å². The molecule has 1 aliphatic rings. The summed E-state index contributed by atoms with van der Waals surface area (Å²) in [7, 11) is 0. The number of nitrogens with one attached hydrogen (secondary N) is 1. The first-order valence-electron chi connectivity index (χ1n) is 7.81. The molecule has 2 N–H and O–H groups in total. The average Bonchev–Trinajstić information content (AvgIpc) is 2.48. The topological polar surface area (TPSA) is 66.4 Å². The highest BCUT2D eigenvalue weighted by molar-refractivity contribution is 7.99. The molecule has 22 heavy (non-hydrogen) atoms. The highest BCUT2D eigenvalue weighted by atomic mass is 32.2. The Morgan fingerprint density at radius 3 is 2.91 bits per heavy atom. The lowest BCUT2D eigenvalue weighted by Gasteiger charge is -2.29. The first kappa shape index (κ1) is 16.9. The molecule has 1 aromatic rings. The van der Waals surface area contributed by atoms with E-state index in [2.05, 4.69) is 12.2 Å². The first-order valence-corrected chi connectivity index (χ1v) is 8.86. The van der Waals surface area contributed by atoms with Crippen LogP contribution in [0.25, 0.3) is 0 Å². The molecule has 0 aliphatic heterocycles. The summed E-state index contributed by atoms with van der Waals surface area (Å²) in [5.41, 5.74) is 0.968. The minimum atomic E-state index is -0.964. The standard InChI is InChI=1S/C17H23NO3S/c1-2-22-15-8-4-7-14(11-15)18-16(19)10-12-5-3-6-13(9-12)17(20)21/h3,5-6,9,14-15H,2,4,7-8,10-11H2,1H3,(H,18,19)(H,20,21). The SMILES string of the molecule is CCSC1CCCC(NC(=O)Cc2cccc(C(=O)O)c2)C1. The van der Waals surface area contributed by atoms with Crippen LogP contribution in [-0.2, 0) is 11.2 Å². The van der Waals surface area contributed by atoms with Crippen molar-refractivity contribution in [1.82, 2.24) is 5.32 Å². The predicted octanol–water partition coefficient (Wildman–Crippen LogP) is 3.11. The molecule has 5 heteroatoms. The van der Waals surface area contributed by atoms with Crippen molar-refractivity contribution in [3.8, 4) is 0 Å². The monoisotopic (exact) mass is 321 g/mol. The molecule has 0 spiro atoms. The number of carbonyl (C=O) groups is 2. The molecule has 0 saturated heterocycles. The number of hydrogen-bond donors (Lipinski definition) is 2. The van der Waals surface area contributed by atoms with Gasteiger partial charge in [0.25, 0.3) is 0 Å². The number of carboxylic acid groups (broad SMARTS) is 1. The van der Waals surface area contributed by atoms with Crippen molar-refractivity contribution in [2.24, 2.45) is 0 Å². The van der Waals surface area contributed by atoms with Crippen molar-refractivity contribution in [3.63, 3.8) is 0 Å². The van der Waals surface area contributed by atoms with Gasteiger partial charge in [-0.05, 0) is 42.7 Å². The summed E-state index contributed by atoms with van der Waals surface area (Å²) in [5, 5.41) is 12.7. The van der Waals surface area contributed by atoms with Crippen LogP contribution in [0.2, 0.25) is 0 Å². The largest absolute Gasteiger partial charge is 0.478 e. The van der Waals surface area contributed by atoms with Gasteiger partial charge in [0.1, 0.15) is 0 Å². The maximum absolute atomic E-state index is 12.2. The maximum Gasteiger partial charge on any atom is 0.335 e. The van der Waals surface area contributed by atoms with Gasteiger partial charge in [0.15, 0.2) is 0 Å². The lowest BCUT2D eigenvalue weighted by Crippen LogP contribution is -2.39. The molecule has 2 rings (SSSR count). The second-order valence-corrected chi connectivity index (χ2v) is 7.27. The Bertz CT molecular complexity index is 530. The highest BCUT2D eigenvalue weighted by Crippen LogP contribution is 2.28. The van der Waals surface area contributed by atoms with Crippen molar-refractivity contribution in [2.75, 3.05) is 5.75 Å². The molecule has 1 amide bonds. The fourth-order valence-corrected chi connectivity index (χ4v) is 4.11. The van der Waals surface area contributed by atoms with E-state index in [4.69, 9.17) is 5.11 Å². The molecule has 1 aliphatic carbocycles. The first-order chi connectivity index (χ1) is 10.6. The number of rotatable bonds is 6. The number of aromatic carboxylic acids is 1. The summed E-state index contributed by atoms with van der Waals surface area (Å²) in [6, 6.07) is 6.84. The molecule has 0 aromatic heterocycles. The van der Waals surface area contributed by atoms with Crippen molar-refractivity contribution in [1.29, 1.82) is 0 Å². The van der Waals surface area contributed by atoms with E-state index in [0.717, 1.165) is 30.6 Å². The number of carboxylic acids is 1. The molecule has 120 valence electrons. The van der Waals surface area contributed by atoms with Gasteiger partial charge in [-0.15, -0.1) is 0 Å². The van der Waals surface area contributed by atoms with Crippen LogP contribution < -0.4 is 5.32 Å². The molecule has 4 nitrogen and oxygen atoms in total. The molecular weight excluding hydrogens is 298 g/mol. The molecule has 0 heterocycles. The fourth-order valence-electron chi connectivity index (χ4n) is 2.94. The zero-order valence-corrected chi connectivity index (χ0v) is 13.7. The van der Waals surface area contributed by atoms with Gasteiger partial charge >= 0.3 is 5.97 Å². The summed E-state index contributed by atoms with van der Waals surface area (Å²) < 4.78 is 0. The summed E-state index contributed by atoms with van der Waals surface area (Å²) in [6.07, 6.45) is 4.73. The number of benzene rings is 1. The minimum Gasteiger partial charge on any atom is -0.478 e. The number of thioether (sulfide) groups is 1. The summed E-state index contributed by atoms with van der Waals surface area (Å²) in [6.45, 7) is 2.17. The lowest BCUT2D eigenvalue weighted by molar-refractivity contribution is -0.121. The Morgan fingerprint density at radius 1 is 1.36 bits per heavy atom. The van der Waals surface area contributed by atoms with Crippen LogP contribution >= 0.6 is 11.8 Å². The second kappa shape index (κ2) is 8.22. The number of hydrogen-bond acceptors (Lipinski definition) is 3. The summed E-state index contributed by atoms with van der Waals surface area (Å²) in [5.74, 6) is 0.136. The van der Waals surface area contributed by atoms with Gasteiger partial charge in [0, 0.05) is 11.3 Å². The molecule has 1 fully saturated rings. The molecule has 2 unspecified atom stereocenters. The van der Waals surface area contributed by atoms with E-state index in [1.54, 1.807) is 18.2 Å². The van der Waals surface area contributed by atoms with Gasteiger partial charge in [-0.2, -0.15) is 11.8 Å². The zero-order chi connectivity index (χ0) is 15.9. The third-order valence-corrected chi connectivity index (χ3v) is 5.17. The molecule has 0 radical (unpaired) electrons. The summed E-state index contributed by atoms with van der Waals surface area (Å²) in [4.78, 5) is 23.1. The Kier molecular flexibility index (Phi) is 6.31. The van der Waals surface area contributed by atoms with Gasteiger partial charge < -0.3 is 10.4 Å². The van der Waals surface area contributed by atoms with Gasteiger partial charge in [-0.1, -0.05) is 25.5 Å². The fraction of sp³-hybridized carbons (Fsp3) is 0.529. The molecule has 0 bridgehead atoms. The Morgan fingerprint density at radius 2 is 2.18 bits per heavy atom. The van der Waals surface area contributed by atoms with Gasteiger partial charge in [-0.3, -0.25) is 4.79 Å². The van der Waals surface area contributed by atoms with Crippen LogP contribution in [0.1, 0.15) is 48.5 Å². The van der Waals surface area contributed by atoms with Crippen LogP contribution in [0.15, 0.2) is 24.3 Å². The van der Waals surface area contributed by atoms with Crippen LogP contribution in [0.3, 0.4) is 0 Å². The molecule has 1 aromatic carbocycles. The van der Waals surface area contributed by atoms with Crippen molar-refractivity contribution in [2.45, 2.75) is 50.3 Å². The van der Waals surface area contributed by atoms with Crippen LogP contribution in [0, 0.1) is 0 Å². The van der Waals surface area contributed by atoms with E-state index in [-0.39, 0.29) is 23.9 Å².